The molecule has 0 radical (unpaired) electrons. The van der Waals surface area contributed by atoms with Crippen molar-refractivity contribution in [3.05, 3.63) is 0 Å². The van der Waals surface area contributed by atoms with Crippen molar-refractivity contribution in [2.45, 2.75) is 31.5 Å². The van der Waals surface area contributed by atoms with Crippen LogP contribution in [0.2, 0.25) is 0 Å². The van der Waals surface area contributed by atoms with E-state index in [-0.39, 0.29) is 5.54 Å². The Morgan fingerprint density at radius 3 is 2.00 bits per heavy atom. The van der Waals surface area contributed by atoms with Gasteiger partial charge in [0.25, 0.3) is 0 Å². The van der Waals surface area contributed by atoms with Crippen molar-refractivity contribution in [2.75, 3.05) is 20.1 Å². The Kier molecular flexibility index (Phi) is 3.94. The van der Waals surface area contributed by atoms with Gasteiger partial charge in [-0.1, -0.05) is 0 Å². The number of nitrogens with one attached hydrogen (secondary N) is 1. The number of carboxylic acids is 1. The minimum atomic E-state index is -5.08. The van der Waals surface area contributed by atoms with Crippen LogP contribution < -0.4 is 5.32 Å². The molecule has 21 heavy (non-hydrogen) atoms. The smallest absolute Gasteiger partial charge is 0.475 e. The first-order valence-corrected chi connectivity index (χ1v) is 6.86. The third-order valence-corrected chi connectivity index (χ3v) is 4.73. The van der Waals surface area contributed by atoms with E-state index in [2.05, 4.69) is 12.2 Å². The highest BCUT2D eigenvalue weighted by Crippen LogP contribution is 2.51. The third-order valence-electron chi connectivity index (χ3n) is 4.73. The summed E-state index contributed by atoms with van der Waals surface area (Å²) in [5.74, 6) is -0.674. The summed E-state index contributed by atoms with van der Waals surface area (Å²) in [4.78, 5) is 23.0. The molecule has 2 N–H and O–H groups in total. The number of carboxylic acid groups (broad SMARTS) is 1. The summed E-state index contributed by atoms with van der Waals surface area (Å²) in [6, 6.07) is 0. The highest BCUT2D eigenvalue weighted by atomic mass is 19.4. The van der Waals surface area contributed by atoms with Crippen LogP contribution >= 0.6 is 0 Å². The lowest BCUT2D eigenvalue weighted by atomic mass is 10.2. The van der Waals surface area contributed by atoms with Crippen molar-refractivity contribution in [1.29, 1.82) is 0 Å². The first kappa shape index (κ1) is 16.1. The Balaban J connectivity index is 0.000000199. The molecule has 1 amide bonds. The summed E-state index contributed by atoms with van der Waals surface area (Å²) in [6.45, 7) is 4.32. The highest BCUT2D eigenvalue weighted by Gasteiger charge is 2.59. The molecule has 0 aromatic carbocycles. The molecule has 0 spiro atoms. The van der Waals surface area contributed by atoms with Crippen LogP contribution in [0.5, 0.6) is 0 Å². The number of halogens is 3. The normalized spacial score (nSPS) is 31.6. The zero-order valence-corrected chi connectivity index (χ0v) is 11.9. The van der Waals surface area contributed by atoms with Crippen LogP contribution in [0.15, 0.2) is 0 Å². The summed E-state index contributed by atoms with van der Waals surface area (Å²) < 4.78 is 31.7. The molecule has 2 saturated carbocycles. The van der Waals surface area contributed by atoms with E-state index < -0.39 is 12.1 Å². The number of aliphatic carboxylic acids is 1. The van der Waals surface area contributed by atoms with Gasteiger partial charge in [0.05, 0.1) is 0 Å². The third kappa shape index (κ3) is 3.30. The molecule has 3 fully saturated rings. The van der Waals surface area contributed by atoms with Gasteiger partial charge in [0.1, 0.15) is 0 Å². The molecule has 3 atom stereocenters. The quantitative estimate of drug-likeness (QED) is 0.801. The van der Waals surface area contributed by atoms with E-state index >= 15 is 0 Å². The van der Waals surface area contributed by atoms with Crippen LogP contribution in [0.3, 0.4) is 0 Å². The first-order valence-electron chi connectivity index (χ1n) is 6.86. The van der Waals surface area contributed by atoms with E-state index in [1.807, 2.05) is 11.9 Å². The van der Waals surface area contributed by atoms with E-state index in [1.54, 1.807) is 0 Å². The number of piperidine rings is 1. The largest absolute Gasteiger partial charge is 0.490 e. The van der Waals surface area contributed by atoms with Crippen LogP contribution in [0.1, 0.15) is 19.8 Å². The van der Waals surface area contributed by atoms with E-state index in [9.17, 15) is 18.0 Å². The molecular weight excluding hydrogens is 289 g/mol. The molecule has 8 heteroatoms. The van der Waals surface area contributed by atoms with E-state index in [0.29, 0.717) is 23.7 Å². The van der Waals surface area contributed by atoms with Crippen molar-refractivity contribution < 1.29 is 27.9 Å². The van der Waals surface area contributed by atoms with Crippen LogP contribution in [-0.2, 0) is 9.59 Å². The lowest BCUT2D eigenvalue weighted by molar-refractivity contribution is -0.192. The highest BCUT2D eigenvalue weighted by molar-refractivity contribution is 5.83. The first-order chi connectivity index (χ1) is 9.58. The average molecular weight is 308 g/mol. The summed E-state index contributed by atoms with van der Waals surface area (Å²) in [5.41, 5.74) is 0.210. The topological polar surface area (TPSA) is 69.6 Å². The van der Waals surface area contributed by atoms with Gasteiger partial charge >= 0.3 is 12.1 Å². The van der Waals surface area contributed by atoms with Crippen molar-refractivity contribution in [3.63, 3.8) is 0 Å². The zero-order valence-electron chi connectivity index (χ0n) is 11.9. The van der Waals surface area contributed by atoms with Gasteiger partial charge in [0.2, 0.25) is 5.91 Å². The van der Waals surface area contributed by atoms with Gasteiger partial charge in [0, 0.05) is 18.5 Å². The molecule has 1 saturated heterocycles. The van der Waals surface area contributed by atoms with Gasteiger partial charge in [-0.2, -0.15) is 13.2 Å². The predicted octanol–water partition coefficient (Wildman–Crippen LogP) is 1.10. The maximum Gasteiger partial charge on any atom is 0.490 e. The minimum Gasteiger partial charge on any atom is -0.475 e. The summed E-state index contributed by atoms with van der Waals surface area (Å²) in [7, 11) is 1.98. The predicted molar refractivity (Wildman–Crippen MR) is 67.4 cm³/mol. The van der Waals surface area contributed by atoms with Gasteiger partial charge < -0.3 is 15.3 Å². The maximum absolute atomic E-state index is 12.1. The second kappa shape index (κ2) is 5.15. The van der Waals surface area contributed by atoms with Crippen LogP contribution in [-0.4, -0.2) is 53.7 Å². The van der Waals surface area contributed by atoms with E-state index in [1.165, 1.54) is 12.8 Å². The van der Waals surface area contributed by atoms with Gasteiger partial charge in [-0.3, -0.25) is 4.79 Å². The molecule has 3 aliphatic rings. The van der Waals surface area contributed by atoms with Gasteiger partial charge in [-0.25, -0.2) is 4.79 Å². The second-order valence-electron chi connectivity index (χ2n) is 6.21. The molecule has 1 unspecified atom stereocenters. The fourth-order valence-electron chi connectivity index (χ4n) is 2.79. The molecule has 120 valence electrons. The summed E-state index contributed by atoms with van der Waals surface area (Å²) in [5, 5.41) is 10.5. The fraction of sp³-hybridized carbons (Fsp3) is 0.846. The molecular formula is C13H19F3N2O3. The van der Waals surface area contributed by atoms with E-state index in [4.69, 9.17) is 9.90 Å². The Bertz CT molecular complexity index is 438. The lowest BCUT2D eigenvalue weighted by Crippen LogP contribution is -2.39. The molecule has 1 heterocycles. The van der Waals surface area contributed by atoms with Crippen molar-refractivity contribution in [2.24, 2.45) is 17.8 Å². The molecule has 0 bridgehead atoms. The molecule has 5 nitrogen and oxygen atoms in total. The maximum atomic E-state index is 12.1. The molecule has 0 aromatic heterocycles. The molecule has 0 aromatic rings. The van der Waals surface area contributed by atoms with Gasteiger partial charge in [-0.05, 0) is 44.7 Å². The Hall–Kier alpha value is -1.31. The average Bonchev–Trinajstić information content (AvgIpc) is 3.24. The number of carbonyl (C=O) groups is 2. The Morgan fingerprint density at radius 1 is 1.24 bits per heavy atom. The summed E-state index contributed by atoms with van der Waals surface area (Å²) in [6.07, 6.45) is -2.70. The number of alkyl halides is 3. The Labute approximate surface area is 120 Å². The van der Waals surface area contributed by atoms with Gasteiger partial charge in [-0.15, -0.1) is 0 Å². The van der Waals surface area contributed by atoms with Crippen LogP contribution in [0, 0.1) is 17.8 Å². The van der Waals surface area contributed by atoms with Crippen molar-refractivity contribution in [3.8, 4) is 0 Å². The van der Waals surface area contributed by atoms with Crippen molar-refractivity contribution in [1.82, 2.24) is 10.2 Å². The number of hydrogen-bond acceptors (Lipinski definition) is 3. The fourth-order valence-corrected chi connectivity index (χ4v) is 2.79. The number of fused-ring (bicyclic) bond motifs is 1. The number of rotatable bonds is 2. The number of amides is 1. The molecule has 3 rings (SSSR count). The van der Waals surface area contributed by atoms with E-state index in [0.717, 1.165) is 13.1 Å². The van der Waals surface area contributed by atoms with Gasteiger partial charge in [0.15, 0.2) is 0 Å². The molecule has 2 aliphatic carbocycles. The lowest BCUT2D eigenvalue weighted by Gasteiger charge is -2.25. The zero-order chi connectivity index (χ0) is 16.0. The SMILES string of the molecule is CN(C(=O)C1[C@H]2CNC[C@@H]12)C1(C)CC1.O=C(O)C(F)(F)F. The molecule has 1 aliphatic heterocycles. The van der Waals surface area contributed by atoms with Crippen LogP contribution in [0.25, 0.3) is 0 Å². The monoisotopic (exact) mass is 308 g/mol. The Morgan fingerprint density at radius 2 is 1.67 bits per heavy atom. The number of nitrogens with zero attached hydrogens (tertiary/aromatic N) is 1. The van der Waals surface area contributed by atoms with Crippen LogP contribution in [0.4, 0.5) is 13.2 Å². The van der Waals surface area contributed by atoms with Crippen molar-refractivity contribution >= 4 is 11.9 Å². The number of hydrogen-bond donors (Lipinski definition) is 2. The number of carbonyl (C=O) groups excluding carboxylic acids is 1. The summed E-state index contributed by atoms with van der Waals surface area (Å²) >= 11 is 0. The standard InChI is InChI=1S/C11H18N2O.C2HF3O2/c1-11(3-4-11)13(2)10(14)9-7-5-12-6-8(7)9;3-2(4,5)1(6)7/h7-9,12H,3-6H2,1-2H3;(H,6,7)/t7-,8+,9?;. The second-order valence-corrected chi connectivity index (χ2v) is 6.21. The minimum absolute atomic E-state index is 0.210.